The molecule has 0 aliphatic heterocycles. The molecule has 1 aliphatic carbocycles. The SMILES string of the molecule is CCn1cc(S(=O)(=O)NCC2(N(C)C)CCC2)c(N)n1. The van der Waals surface area contributed by atoms with Crippen molar-refractivity contribution in [3.05, 3.63) is 6.20 Å². The van der Waals surface area contributed by atoms with E-state index in [1.165, 1.54) is 10.9 Å². The number of nitrogen functional groups attached to an aromatic ring is 1. The third-order valence-corrected chi connectivity index (χ3v) is 5.61. The van der Waals surface area contributed by atoms with Crippen LogP contribution in [0.3, 0.4) is 0 Å². The molecule has 1 aliphatic rings. The van der Waals surface area contributed by atoms with Crippen LogP contribution in [0.1, 0.15) is 26.2 Å². The van der Waals surface area contributed by atoms with Crippen LogP contribution in [0.15, 0.2) is 11.1 Å². The van der Waals surface area contributed by atoms with Gasteiger partial charge in [-0.15, -0.1) is 0 Å². The Labute approximate surface area is 120 Å². The zero-order chi connectivity index (χ0) is 15.0. The molecule has 2 rings (SSSR count). The summed E-state index contributed by atoms with van der Waals surface area (Å²) in [5.41, 5.74) is 5.62. The van der Waals surface area contributed by atoms with E-state index in [1.807, 2.05) is 21.0 Å². The molecule has 8 heteroatoms. The summed E-state index contributed by atoms with van der Waals surface area (Å²) in [5, 5.41) is 3.97. The van der Waals surface area contributed by atoms with Gasteiger partial charge in [0.05, 0.1) is 0 Å². The molecule has 0 amide bonds. The zero-order valence-electron chi connectivity index (χ0n) is 12.3. The second-order valence-electron chi connectivity index (χ2n) is 5.53. The average molecular weight is 301 g/mol. The van der Waals surface area contributed by atoms with Crippen LogP contribution in [0, 0.1) is 0 Å². The minimum atomic E-state index is -3.61. The Hall–Kier alpha value is -1.12. The van der Waals surface area contributed by atoms with Crippen LogP contribution in [0.2, 0.25) is 0 Å². The summed E-state index contributed by atoms with van der Waals surface area (Å²) in [7, 11) is 0.358. The van der Waals surface area contributed by atoms with Gasteiger partial charge in [0, 0.05) is 24.8 Å². The number of nitrogens with two attached hydrogens (primary N) is 1. The van der Waals surface area contributed by atoms with Crippen LogP contribution < -0.4 is 10.5 Å². The molecule has 0 bridgehead atoms. The molecule has 0 aromatic carbocycles. The van der Waals surface area contributed by atoms with E-state index in [4.69, 9.17) is 5.73 Å². The van der Waals surface area contributed by atoms with Crippen molar-refractivity contribution in [2.75, 3.05) is 26.4 Å². The van der Waals surface area contributed by atoms with Crippen molar-refractivity contribution in [1.29, 1.82) is 0 Å². The van der Waals surface area contributed by atoms with Crippen molar-refractivity contribution < 1.29 is 8.42 Å². The lowest BCUT2D eigenvalue weighted by Crippen LogP contribution is -2.57. The number of anilines is 1. The van der Waals surface area contributed by atoms with E-state index in [-0.39, 0.29) is 16.3 Å². The maximum Gasteiger partial charge on any atom is 0.245 e. The van der Waals surface area contributed by atoms with E-state index >= 15 is 0 Å². The fraction of sp³-hybridized carbons (Fsp3) is 0.750. The van der Waals surface area contributed by atoms with Crippen molar-refractivity contribution in [2.24, 2.45) is 0 Å². The largest absolute Gasteiger partial charge is 0.381 e. The fourth-order valence-electron chi connectivity index (χ4n) is 2.46. The number of nitrogens with one attached hydrogen (secondary N) is 1. The van der Waals surface area contributed by atoms with E-state index in [9.17, 15) is 8.42 Å². The number of hydrogen-bond acceptors (Lipinski definition) is 5. The first-order valence-electron chi connectivity index (χ1n) is 6.81. The van der Waals surface area contributed by atoms with Gasteiger partial charge in [-0.1, -0.05) is 0 Å². The number of rotatable bonds is 6. The highest BCUT2D eigenvalue weighted by atomic mass is 32.2. The van der Waals surface area contributed by atoms with Gasteiger partial charge in [0.1, 0.15) is 4.90 Å². The first-order chi connectivity index (χ1) is 9.31. The molecule has 3 N–H and O–H groups in total. The molecule has 0 saturated heterocycles. The molecule has 0 spiro atoms. The van der Waals surface area contributed by atoms with Gasteiger partial charge < -0.3 is 10.6 Å². The first kappa shape index (κ1) is 15.3. The predicted molar refractivity (Wildman–Crippen MR) is 77.8 cm³/mol. The van der Waals surface area contributed by atoms with Gasteiger partial charge in [-0.05, 0) is 40.3 Å². The number of hydrogen-bond donors (Lipinski definition) is 2. The Morgan fingerprint density at radius 1 is 1.50 bits per heavy atom. The lowest BCUT2D eigenvalue weighted by Gasteiger charge is -2.47. The number of sulfonamides is 1. The Balaban J connectivity index is 2.13. The van der Waals surface area contributed by atoms with E-state index in [0.717, 1.165) is 19.3 Å². The molecule has 1 heterocycles. The van der Waals surface area contributed by atoms with E-state index in [0.29, 0.717) is 13.1 Å². The fourth-order valence-corrected chi connectivity index (χ4v) is 3.65. The van der Waals surface area contributed by atoms with Gasteiger partial charge in [0.25, 0.3) is 0 Å². The highest BCUT2D eigenvalue weighted by Crippen LogP contribution is 2.35. The molecule has 1 saturated carbocycles. The molecular weight excluding hydrogens is 278 g/mol. The summed E-state index contributed by atoms with van der Waals surface area (Å²) in [6, 6.07) is 0. The van der Waals surface area contributed by atoms with Crippen LogP contribution in [0.4, 0.5) is 5.82 Å². The third-order valence-electron chi connectivity index (χ3n) is 4.19. The third kappa shape index (κ3) is 2.68. The average Bonchev–Trinajstić information content (AvgIpc) is 2.69. The Morgan fingerprint density at radius 2 is 2.15 bits per heavy atom. The molecule has 1 fully saturated rings. The van der Waals surface area contributed by atoms with E-state index in [1.54, 1.807) is 0 Å². The second-order valence-corrected chi connectivity index (χ2v) is 7.27. The minimum Gasteiger partial charge on any atom is -0.381 e. The predicted octanol–water partition coefficient (Wildman–Crippen LogP) is 0.248. The van der Waals surface area contributed by atoms with Crippen LogP contribution >= 0.6 is 0 Å². The molecular formula is C12H23N5O2S. The maximum atomic E-state index is 12.3. The van der Waals surface area contributed by atoms with Gasteiger partial charge >= 0.3 is 0 Å². The lowest BCUT2D eigenvalue weighted by molar-refractivity contribution is 0.0657. The van der Waals surface area contributed by atoms with Crippen LogP contribution in [0.5, 0.6) is 0 Å². The van der Waals surface area contributed by atoms with Gasteiger partial charge in [-0.25, -0.2) is 13.1 Å². The summed E-state index contributed by atoms with van der Waals surface area (Å²) in [5.74, 6) is 0.0480. The first-order valence-corrected chi connectivity index (χ1v) is 8.29. The summed E-state index contributed by atoms with van der Waals surface area (Å²) in [4.78, 5) is 2.16. The number of aryl methyl sites for hydroxylation is 1. The lowest BCUT2D eigenvalue weighted by atomic mass is 9.76. The Kier molecular flexibility index (Phi) is 4.08. The Morgan fingerprint density at radius 3 is 2.55 bits per heavy atom. The van der Waals surface area contributed by atoms with Crippen molar-refractivity contribution >= 4 is 15.8 Å². The topological polar surface area (TPSA) is 93.2 Å². The van der Waals surface area contributed by atoms with Crippen LogP contribution in [0.25, 0.3) is 0 Å². The summed E-state index contributed by atoms with van der Waals surface area (Å²) in [6.45, 7) is 2.87. The molecule has 1 aromatic rings. The second kappa shape index (κ2) is 5.34. The molecule has 0 atom stereocenters. The number of aromatic nitrogens is 2. The highest BCUT2D eigenvalue weighted by molar-refractivity contribution is 7.89. The standard InChI is InChI=1S/C12H23N5O2S/c1-4-17-8-10(11(13)15-17)20(18,19)14-9-12(16(2)3)6-5-7-12/h8,14H,4-7,9H2,1-3H3,(H2,13,15). The van der Waals surface area contributed by atoms with Crippen LogP contribution in [-0.2, 0) is 16.6 Å². The summed E-state index contributed by atoms with van der Waals surface area (Å²) in [6.07, 6.45) is 4.62. The van der Waals surface area contributed by atoms with Crippen molar-refractivity contribution in [3.63, 3.8) is 0 Å². The summed E-state index contributed by atoms with van der Waals surface area (Å²) >= 11 is 0. The van der Waals surface area contributed by atoms with Crippen molar-refractivity contribution in [3.8, 4) is 0 Å². The van der Waals surface area contributed by atoms with Gasteiger partial charge in [0.15, 0.2) is 5.82 Å². The van der Waals surface area contributed by atoms with E-state index in [2.05, 4.69) is 14.7 Å². The molecule has 20 heavy (non-hydrogen) atoms. The monoisotopic (exact) mass is 301 g/mol. The van der Waals surface area contributed by atoms with E-state index < -0.39 is 10.0 Å². The number of likely N-dealkylation sites (N-methyl/N-ethyl adjacent to an activating group) is 1. The highest BCUT2D eigenvalue weighted by Gasteiger charge is 2.40. The van der Waals surface area contributed by atoms with Crippen molar-refractivity contribution in [1.82, 2.24) is 19.4 Å². The molecule has 7 nitrogen and oxygen atoms in total. The minimum absolute atomic E-state index is 0.0480. The molecule has 0 radical (unpaired) electrons. The Bertz CT molecular complexity index is 575. The van der Waals surface area contributed by atoms with Crippen LogP contribution in [-0.4, -0.2) is 49.3 Å². The number of nitrogens with zero attached hydrogens (tertiary/aromatic N) is 3. The normalized spacial score (nSPS) is 18.2. The van der Waals surface area contributed by atoms with Gasteiger partial charge in [0.2, 0.25) is 10.0 Å². The van der Waals surface area contributed by atoms with Gasteiger partial charge in [-0.3, -0.25) is 4.68 Å². The smallest absolute Gasteiger partial charge is 0.245 e. The van der Waals surface area contributed by atoms with Gasteiger partial charge in [-0.2, -0.15) is 5.10 Å². The summed E-state index contributed by atoms with van der Waals surface area (Å²) < 4.78 is 28.9. The maximum absolute atomic E-state index is 12.3. The quantitative estimate of drug-likeness (QED) is 0.785. The molecule has 0 unspecified atom stereocenters. The zero-order valence-corrected chi connectivity index (χ0v) is 13.1. The van der Waals surface area contributed by atoms with Crippen molar-refractivity contribution in [2.45, 2.75) is 43.2 Å². The molecule has 114 valence electrons. The molecule has 1 aromatic heterocycles.